The zero-order valence-electron chi connectivity index (χ0n) is 22.5. The van der Waals surface area contributed by atoms with E-state index in [1.807, 2.05) is 18.7 Å². The molecule has 5 rings (SSSR count). The molecule has 4 heterocycles. The van der Waals surface area contributed by atoms with E-state index in [9.17, 15) is 39.3 Å². The highest BCUT2D eigenvalue weighted by Crippen LogP contribution is 2.51. The number of thiocarbonyl (C=S) groups is 1. The molecule has 0 bridgehead atoms. The molecule has 0 unspecified atom stereocenters. The molecule has 3 aliphatic heterocycles. The first-order chi connectivity index (χ1) is 20.3. The van der Waals surface area contributed by atoms with Gasteiger partial charge in [0.2, 0.25) is 6.79 Å². The van der Waals surface area contributed by atoms with Crippen LogP contribution in [0.4, 0.5) is 5.69 Å². The average molecular weight is 666 g/mol. The Labute approximate surface area is 260 Å². The molecule has 0 radical (unpaired) electrons. The molecule has 226 valence electrons. The Hall–Kier alpha value is -3.80. The molecule has 0 aliphatic carbocycles. The summed E-state index contributed by atoms with van der Waals surface area (Å²) in [6.07, 6.45) is 1.60. The number of nitrogens with zero attached hydrogens (tertiary/aromatic N) is 3. The van der Waals surface area contributed by atoms with E-state index in [-0.39, 0.29) is 44.1 Å². The summed E-state index contributed by atoms with van der Waals surface area (Å²) in [5, 5.41) is 28.8. The van der Waals surface area contributed by atoms with Crippen molar-refractivity contribution in [2.45, 2.75) is 31.7 Å². The maximum atomic E-state index is 13.8. The standard InChI is InChI=1S/C26H23N3O10S4/c1-11(2)12(5-17-27(4-3-18(30)31)13-6-14-15(39-10-38-14)7-16(13)41-17)21-23(36)28(8-19(32)33)25(42-21)22-24(37)29(9-20(34)35)26(40)43-22/h5-7,11H,3-4,8-10H2,1-2H3,(H,30,31)(H,32,33)(H,34,35). The van der Waals surface area contributed by atoms with Crippen molar-refractivity contribution in [3.63, 3.8) is 0 Å². The molecule has 3 N–H and O–H groups in total. The number of fused-ring (bicyclic) bond motifs is 2. The number of ether oxygens (including phenoxy) is 2. The fourth-order valence-corrected chi connectivity index (χ4v) is 8.37. The molecule has 1 fully saturated rings. The fraction of sp³-hybridized carbons (Fsp3) is 0.308. The lowest BCUT2D eigenvalue weighted by molar-refractivity contribution is -0.140. The molecule has 2 aromatic rings. The number of hydrogen-bond acceptors (Lipinski definition) is 12. The highest BCUT2D eigenvalue weighted by atomic mass is 32.2. The van der Waals surface area contributed by atoms with Crippen molar-refractivity contribution in [2.24, 2.45) is 5.92 Å². The van der Waals surface area contributed by atoms with Crippen LogP contribution in [0.15, 0.2) is 32.9 Å². The zero-order valence-corrected chi connectivity index (χ0v) is 25.8. The highest BCUT2D eigenvalue weighted by Gasteiger charge is 2.36. The van der Waals surface area contributed by atoms with E-state index >= 15 is 0 Å². The van der Waals surface area contributed by atoms with Crippen molar-refractivity contribution in [3.05, 3.63) is 42.8 Å². The first-order valence-corrected chi connectivity index (χ1v) is 15.5. The SMILES string of the molecule is CC(C)C(C=C1Sc2cc3c(cc2N1CCC(=O)O)OCO3)=c1sc(=C2SC(=S)N(CC(=O)O)C2=O)n(CC(=O)O)c1=O. The summed E-state index contributed by atoms with van der Waals surface area (Å²) < 4.78 is 12.2. The minimum atomic E-state index is -1.31. The molecule has 17 heteroatoms. The molecule has 13 nitrogen and oxygen atoms in total. The van der Waals surface area contributed by atoms with Crippen LogP contribution in [0.5, 0.6) is 11.5 Å². The third-order valence-electron chi connectivity index (χ3n) is 6.45. The van der Waals surface area contributed by atoms with Gasteiger partial charge in [0.1, 0.15) is 27.0 Å². The summed E-state index contributed by atoms with van der Waals surface area (Å²) in [5.41, 5.74) is 0.623. The maximum absolute atomic E-state index is 13.8. The van der Waals surface area contributed by atoms with Crippen molar-refractivity contribution in [1.29, 1.82) is 0 Å². The van der Waals surface area contributed by atoms with E-state index < -0.39 is 42.5 Å². The van der Waals surface area contributed by atoms with Gasteiger partial charge >= 0.3 is 17.9 Å². The van der Waals surface area contributed by atoms with Gasteiger partial charge in [0.15, 0.2) is 11.5 Å². The molecule has 0 atom stereocenters. The number of aromatic nitrogens is 1. The molecule has 1 aromatic carbocycles. The van der Waals surface area contributed by atoms with Gasteiger partial charge in [0.05, 0.1) is 21.7 Å². The van der Waals surface area contributed by atoms with Crippen LogP contribution < -0.4 is 29.1 Å². The first-order valence-electron chi connectivity index (χ1n) is 12.6. The van der Waals surface area contributed by atoms with Gasteiger partial charge in [0.25, 0.3) is 11.5 Å². The lowest BCUT2D eigenvalue weighted by Crippen LogP contribution is -2.37. The van der Waals surface area contributed by atoms with Gasteiger partial charge in [-0.05, 0) is 17.6 Å². The molecular formula is C26H23N3O10S4. The number of thioether (sulfide) groups is 2. The normalized spacial score (nSPS) is 18.6. The number of aliphatic carboxylic acids is 3. The van der Waals surface area contributed by atoms with Crippen LogP contribution in [-0.2, 0) is 25.7 Å². The van der Waals surface area contributed by atoms with E-state index in [1.54, 1.807) is 18.2 Å². The van der Waals surface area contributed by atoms with Crippen LogP contribution in [0.2, 0.25) is 0 Å². The number of allylic oxidation sites excluding steroid dienone is 1. The molecule has 0 spiro atoms. The lowest BCUT2D eigenvalue weighted by Gasteiger charge is -2.20. The van der Waals surface area contributed by atoms with Crippen LogP contribution in [0.1, 0.15) is 20.3 Å². The minimum absolute atomic E-state index is 0.0177. The van der Waals surface area contributed by atoms with Crippen LogP contribution in [0, 0.1) is 5.92 Å². The highest BCUT2D eigenvalue weighted by molar-refractivity contribution is 8.30. The predicted molar refractivity (Wildman–Crippen MR) is 163 cm³/mol. The topological polar surface area (TPSA) is 176 Å². The third kappa shape index (κ3) is 6.02. The quantitative estimate of drug-likeness (QED) is 0.329. The van der Waals surface area contributed by atoms with Gasteiger partial charge in [-0.3, -0.25) is 33.4 Å². The summed E-state index contributed by atoms with van der Waals surface area (Å²) in [4.78, 5) is 64.9. The number of carbonyl (C=O) groups excluding carboxylic acids is 1. The number of carbonyl (C=O) groups is 4. The number of carboxylic acid groups (broad SMARTS) is 3. The van der Waals surface area contributed by atoms with Crippen molar-refractivity contribution in [1.82, 2.24) is 9.47 Å². The van der Waals surface area contributed by atoms with Crippen LogP contribution >= 0.6 is 47.1 Å². The zero-order chi connectivity index (χ0) is 31.2. The van der Waals surface area contributed by atoms with E-state index in [0.29, 0.717) is 22.1 Å². The first kappa shape index (κ1) is 30.7. The number of thiazole rings is 1. The largest absolute Gasteiger partial charge is 0.481 e. The number of rotatable bonds is 9. The molecule has 1 amide bonds. The minimum Gasteiger partial charge on any atom is -0.481 e. The number of anilines is 1. The van der Waals surface area contributed by atoms with Crippen LogP contribution in [0.25, 0.3) is 10.5 Å². The van der Waals surface area contributed by atoms with Gasteiger partial charge in [-0.25, -0.2) is 0 Å². The van der Waals surface area contributed by atoms with Crippen molar-refractivity contribution < 1.29 is 44.0 Å². The smallest absolute Gasteiger partial charge is 0.323 e. The number of amides is 1. The van der Waals surface area contributed by atoms with Crippen molar-refractivity contribution in [2.75, 3.05) is 24.8 Å². The number of hydrogen-bond donors (Lipinski definition) is 3. The predicted octanol–water partition coefficient (Wildman–Crippen LogP) is 1.51. The molecule has 1 aromatic heterocycles. The molecule has 0 saturated carbocycles. The molecular weight excluding hydrogens is 643 g/mol. The Morgan fingerprint density at radius 3 is 2.30 bits per heavy atom. The number of benzene rings is 1. The lowest BCUT2D eigenvalue weighted by atomic mass is 10.0. The second-order valence-electron chi connectivity index (χ2n) is 9.67. The summed E-state index contributed by atoms with van der Waals surface area (Å²) in [5.74, 6) is -3.47. The van der Waals surface area contributed by atoms with E-state index in [2.05, 4.69) is 0 Å². The van der Waals surface area contributed by atoms with Gasteiger partial charge in [-0.15, -0.1) is 11.3 Å². The Balaban J connectivity index is 1.70. The van der Waals surface area contributed by atoms with Gasteiger partial charge in [-0.2, -0.15) is 0 Å². The van der Waals surface area contributed by atoms with Gasteiger partial charge in [0, 0.05) is 23.6 Å². The number of carboxylic acids is 3. The summed E-state index contributed by atoms with van der Waals surface area (Å²) in [6, 6.07) is 3.58. The monoisotopic (exact) mass is 665 g/mol. The maximum Gasteiger partial charge on any atom is 0.323 e. The van der Waals surface area contributed by atoms with E-state index in [4.69, 9.17) is 21.7 Å². The Bertz CT molecular complexity index is 1810. The van der Waals surface area contributed by atoms with Gasteiger partial charge < -0.3 is 29.7 Å². The van der Waals surface area contributed by atoms with E-state index in [1.165, 1.54) is 11.8 Å². The Kier molecular flexibility index (Phi) is 8.60. The second kappa shape index (κ2) is 12.1. The Morgan fingerprint density at radius 1 is 1.00 bits per heavy atom. The molecule has 3 aliphatic rings. The fourth-order valence-electron chi connectivity index (χ4n) is 4.50. The summed E-state index contributed by atoms with van der Waals surface area (Å²) in [7, 11) is 0. The summed E-state index contributed by atoms with van der Waals surface area (Å²) >= 11 is 8.29. The van der Waals surface area contributed by atoms with Crippen molar-refractivity contribution in [3.8, 4) is 11.5 Å². The van der Waals surface area contributed by atoms with E-state index in [0.717, 1.165) is 43.1 Å². The van der Waals surface area contributed by atoms with Crippen LogP contribution in [0.3, 0.4) is 0 Å². The van der Waals surface area contributed by atoms with Gasteiger partial charge in [-0.1, -0.05) is 49.6 Å². The summed E-state index contributed by atoms with van der Waals surface area (Å²) in [6.45, 7) is 2.51. The average Bonchev–Trinajstić information content (AvgIpc) is 3.66. The van der Waals surface area contributed by atoms with Crippen LogP contribution in [-0.4, -0.2) is 72.8 Å². The Morgan fingerprint density at radius 2 is 1.67 bits per heavy atom. The second-order valence-corrected chi connectivity index (χ2v) is 13.4. The molecule has 43 heavy (non-hydrogen) atoms. The third-order valence-corrected chi connectivity index (χ3v) is 10.3. The van der Waals surface area contributed by atoms with Crippen molar-refractivity contribution >= 4 is 91.4 Å². The molecule has 1 saturated heterocycles.